The van der Waals surface area contributed by atoms with Crippen LogP contribution < -0.4 is 10.6 Å². The minimum absolute atomic E-state index is 0.0118. The van der Waals surface area contributed by atoms with Crippen molar-refractivity contribution >= 4 is 32.6 Å². The van der Waals surface area contributed by atoms with Gasteiger partial charge in [0.25, 0.3) is 0 Å². The van der Waals surface area contributed by atoms with Crippen molar-refractivity contribution in [3.63, 3.8) is 0 Å². The zero-order chi connectivity index (χ0) is 34.4. The number of sulfone groups is 1. The minimum Gasteiger partial charge on any atom is -0.350 e. The van der Waals surface area contributed by atoms with E-state index in [4.69, 9.17) is 0 Å². The van der Waals surface area contributed by atoms with E-state index in [0.717, 1.165) is 36.6 Å². The van der Waals surface area contributed by atoms with Crippen molar-refractivity contribution in [2.75, 3.05) is 37.5 Å². The number of hydrogen-bond acceptors (Lipinski definition) is 8. The van der Waals surface area contributed by atoms with Crippen molar-refractivity contribution in [1.29, 1.82) is 0 Å². The molecule has 0 radical (unpaired) electrons. The number of benzene rings is 1. The molecule has 3 aromatic heterocycles. The van der Waals surface area contributed by atoms with Crippen molar-refractivity contribution < 1.29 is 39.6 Å². The van der Waals surface area contributed by atoms with Gasteiger partial charge in [-0.05, 0) is 44.2 Å². The van der Waals surface area contributed by atoms with E-state index >= 15 is 8.78 Å². The Morgan fingerprint density at radius 2 is 1.83 bits per heavy atom. The van der Waals surface area contributed by atoms with Crippen LogP contribution in [-0.2, 0) is 20.8 Å². The highest BCUT2D eigenvalue weighted by Crippen LogP contribution is 2.40. The Kier molecular flexibility index (Phi) is 8.87. The van der Waals surface area contributed by atoms with Gasteiger partial charge in [0.2, 0.25) is 5.91 Å². The highest BCUT2D eigenvalue weighted by molar-refractivity contribution is 7.90. The topological polar surface area (TPSA) is 118 Å². The molecule has 1 aliphatic heterocycles. The molecule has 5 rings (SSSR count). The van der Waals surface area contributed by atoms with Crippen LogP contribution in [0.3, 0.4) is 0 Å². The number of alkyl halides is 4. The van der Waals surface area contributed by atoms with Crippen LogP contribution in [0.1, 0.15) is 18.2 Å². The van der Waals surface area contributed by atoms with Gasteiger partial charge < -0.3 is 9.80 Å². The summed E-state index contributed by atoms with van der Waals surface area (Å²) in [6.07, 6.45) is -0.975. The highest BCUT2D eigenvalue weighted by Gasteiger charge is 2.37. The van der Waals surface area contributed by atoms with Gasteiger partial charge in [0.05, 0.1) is 32.8 Å². The molecule has 47 heavy (non-hydrogen) atoms. The van der Waals surface area contributed by atoms with Crippen LogP contribution in [0.25, 0.3) is 28.0 Å². The van der Waals surface area contributed by atoms with Gasteiger partial charge in [-0.3, -0.25) is 9.78 Å². The fraction of sp³-hybridized carbons (Fsp3) is 0.300. The number of carbonyl (C=O) groups excluding carboxylic acids is 1. The van der Waals surface area contributed by atoms with Gasteiger partial charge in [0.15, 0.2) is 21.3 Å². The molecule has 0 aliphatic carbocycles. The number of anilines is 1. The number of pyridine rings is 2. The fourth-order valence-electron chi connectivity index (χ4n) is 5.53. The average Bonchev–Trinajstić information content (AvgIpc) is 2.99. The number of fused-ring (bicyclic) bond motifs is 1. The lowest BCUT2D eigenvalue weighted by Gasteiger charge is -2.40. The molecule has 1 aromatic carbocycles. The third kappa shape index (κ3) is 6.31. The maximum Gasteiger partial charge on any atom is 0.417 e. The van der Waals surface area contributed by atoms with Crippen LogP contribution in [0.4, 0.5) is 32.2 Å². The van der Waals surface area contributed by atoms with E-state index in [1.807, 2.05) is 0 Å². The number of hydrogen-bond donors (Lipinski definition) is 0. The number of piperazine rings is 1. The number of amides is 1. The number of aryl methyl sites for hydroxylation is 1. The van der Waals surface area contributed by atoms with E-state index < -0.39 is 79.3 Å². The Balaban J connectivity index is 1.83. The molecule has 4 aromatic rings. The van der Waals surface area contributed by atoms with Crippen molar-refractivity contribution in [2.45, 2.75) is 31.0 Å². The summed E-state index contributed by atoms with van der Waals surface area (Å²) in [5, 5.41) is -0.220. The second-order valence-corrected chi connectivity index (χ2v) is 12.8. The first kappa shape index (κ1) is 33.6. The smallest absolute Gasteiger partial charge is 0.350 e. The van der Waals surface area contributed by atoms with Crippen LogP contribution >= 0.6 is 0 Å². The Bertz CT molecular complexity index is 2100. The largest absolute Gasteiger partial charge is 0.417 e. The number of carbonyl (C=O) groups is 1. The second-order valence-electron chi connectivity index (χ2n) is 10.8. The summed E-state index contributed by atoms with van der Waals surface area (Å²) in [5.74, 6) is -3.46. The molecular weight excluding hydrogens is 654 g/mol. The molecule has 1 fully saturated rings. The molecular formula is C30H26F6N6O4S. The minimum atomic E-state index is -5.13. The molecule has 4 heterocycles. The van der Waals surface area contributed by atoms with Crippen LogP contribution in [0.15, 0.2) is 58.4 Å². The Labute approximate surface area is 263 Å². The first-order valence-corrected chi connectivity index (χ1v) is 15.9. The summed E-state index contributed by atoms with van der Waals surface area (Å²) in [5.41, 5.74) is -5.84. The van der Waals surface area contributed by atoms with Crippen LogP contribution in [-0.4, -0.2) is 77.4 Å². The zero-order valence-electron chi connectivity index (χ0n) is 25.0. The average molecular weight is 681 g/mol. The quantitative estimate of drug-likeness (QED) is 0.217. The number of aromatic nitrogens is 4. The fourth-order valence-corrected chi connectivity index (χ4v) is 6.43. The van der Waals surface area contributed by atoms with Crippen molar-refractivity contribution in [1.82, 2.24) is 24.4 Å². The third-order valence-corrected chi connectivity index (χ3v) is 8.74. The van der Waals surface area contributed by atoms with Crippen molar-refractivity contribution in [3.8, 4) is 16.9 Å². The van der Waals surface area contributed by atoms with Crippen molar-refractivity contribution in [2.24, 2.45) is 0 Å². The van der Waals surface area contributed by atoms with Gasteiger partial charge in [-0.25, -0.2) is 35.9 Å². The van der Waals surface area contributed by atoms with Crippen LogP contribution in [0.2, 0.25) is 0 Å². The van der Waals surface area contributed by atoms with Gasteiger partial charge in [0.1, 0.15) is 24.0 Å². The lowest BCUT2D eigenvalue weighted by atomic mass is 10.0. The molecule has 0 N–H and O–H groups in total. The van der Waals surface area contributed by atoms with E-state index in [9.17, 15) is 35.6 Å². The lowest BCUT2D eigenvalue weighted by molar-refractivity contribution is -0.137. The zero-order valence-corrected chi connectivity index (χ0v) is 25.8. The summed E-state index contributed by atoms with van der Waals surface area (Å²) < 4.78 is 112. The molecule has 1 atom stereocenters. The maximum absolute atomic E-state index is 15.9. The number of halogens is 6. The standard InChI is InChI=1S/C30H26F6N6O4S/c1-16-15-40(23(43)8-5-10-31)12-13-41(16)27-18-14-21(33)25(24-19(30(34,35)36)6-4-7-20(24)32)38-28(18)42(29(44)39-27)26-17(2)37-11-9-22(26)47(3,45)46/h4-9,11,14,16H,10,12-13,15H2,1-3H3/b8-5+/t16-/m0/s1. The molecule has 0 unspecified atom stereocenters. The van der Waals surface area contributed by atoms with E-state index in [0.29, 0.717) is 16.7 Å². The summed E-state index contributed by atoms with van der Waals surface area (Å²) in [6, 6.07) is 3.32. The molecule has 1 saturated heterocycles. The number of nitrogens with zero attached hydrogens (tertiary/aromatic N) is 6. The second kappa shape index (κ2) is 12.4. The summed E-state index contributed by atoms with van der Waals surface area (Å²) in [7, 11) is -4.07. The van der Waals surface area contributed by atoms with Gasteiger partial charge in [0, 0.05) is 44.2 Å². The van der Waals surface area contributed by atoms with Gasteiger partial charge in [-0.15, -0.1) is 0 Å². The molecule has 1 amide bonds. The monoisotopic (exact) mass is 680 g/mol. The SMILES string of the molecule is Cc1nccc(S(C)(=O)=O)c1-n1c(=O)nc(N2CCN(C(=O)/C=C/CF)C[C@@H]2C)c2cc(F)c(-c3c(F)cccc3C(F)(F)F)nc21. The van der Waals surface area contributed by atoms with E-state index in [-0.39, 0.29) is 42.2 Å². The number of allylic oxidation sites excluding steroid dienone is 1. The highest BCUT2D eigenvalue weighted by atomic mass is 32.2. The number of rotatable bonds is 6. The van der Waals surface area contributed by atoms with Gasteiger partial charge in [-0.1, -0.05) is 6.07 Å². The lowest BCUT2D eigenvalue weighted by Crippen LogP contribution is -2.54. The molecule has 0 saturated carbocycles. The first-order chi connectivity index (χ1) is 22.0. The Morgan fingerprint density at radius 3 is 2.47 bits per heavy atom. The predicted octanol–water partition coefficient (Wildman–Crippen LogP) is 4.41. The summed E-state index contributed by atoms with van der Waals surface area (Å²) >= 11 is 0. The molecule has 1 aliphatic rings. The van der Waals surface area contributed by atoms with E-state index in [1.165, 1.54) is 18.0 Å². The van der Waals surface area contributed by atoms with Crippen molar-refractivity contribution in [3.05, 3.63) is 82.1 Å². The molecule has 0 spiro atoms. The van der Waals surface area contributed by atoms with Gasteiger partial charge in [-0.2, -0.15) is 18.2 Å². The predicted molar refractivity (Wildman–Crippen MR) is 160 cm³/mol. The molecule has 0 bridgehead atoms. The summed E-state index contributed by atoms with van der Waals surface area (Å²) in [4.78, 5) is 41.2. The van der Waals surface area contributed by atoms with E-state index in [1.54, 1.807) is 11.8 Å². The molecule has 248 valence electrons. The first-order valence-electron chi connectivity index (χ1n) is 14.0. The summed E-state index contributed by atoms with van der Waals surface area (Å²) in [6.45, 7) is 2.37. The van der Waals surface area contributed by atoms with E-state index in [2.05, 4.69) is 15.0 Å². The maximum atomic E-state index is 15.9. The Morgan fingerprint density at radius 1 is 1.11 bits per heavy atom. The normalized spacial score (nSPS) is 16.0. The van der Waals surface area contributed by atoms with Crippen LogP contribution in [0.5, 0.6) is 0 Å². The molecule has 10 nitrogen and oxygen atoms in total. The van der Waals surface area contributed by atoms with Gasteiger partial charge >= 0.3 is 11.9 Å². The third-order valence-electron chi connectivity index (χ3n) is 7.61. The Hall–Kier alpha value is -4.80. The van der Waals surface area contributed by atoms with Crippen LogP contribution in [0, 0.1) is 18.6 Å². The molecule has 17 heteroatoms.